The van der Waals surface area contributed by atoms with Gasteiger partial charge < -0.3 is 10.1 Å². The summed E-state index contributed by atoms with van der Waals surface area (Å²) in [5.41, 5.74) is 2.42. The van der Waals surface area contributed by atoms with Gasteiger partial charge in [0.2, 0.25) is 11.9 Å². The summed E-state index contributed by atoms with van der Waals surface area (Å²) in [4.78, 5) is 12.6. The van der Waals surface area contributed by atoms with Crippen LogP contribution in [0.4, 0.5) is 11.9 Å². The highest BCUT2D eigenvalue weighted by Crippen LogP contribution is 2.08. The Kier molecular flexibility index (Phi) is 5.21. The van der Waals surface area contributed by atoms with Crippen LogP contribution >= 0.6 is 0 Å². The molecule has 2 aromatic rings. The number of nitrogens with one attached hydrogen (secondary N) is 2. The van der Waals surface area contributed by atoms with Crippen molar-refractivity contribution >= 4 is 11.9 Å². The summed E-state index contributed by atoms with van der Waals surface area (Å²) in [6.07, 6.45) is 5.33. The second kappa shape index (κ2) is 7.36. The predicted octanol–water partition coefficient (Wildman–Crippen LogP) is 0.181. The molecule has 0 aliphatic rings. The lowest BCUT2D eigenvalue weighted by Gasteiger charge is -2.08. The molecule has 4 N–H and O–H groups in total. The summed E-state index contributed by atoms with van der Waals surface area (Å²) >= 11 is 0. The van der Waals surface area contributed by atoms with E-state index in [1.54, 1.807) is 30.3 Å². The van der Waals surface area contributed by atoms with Crippen LogP contribution in [-0.2, 0) is 4.74 Å². The second-order valence-corrected chi connectivity index (χ2v) is 4.00. The maximum Gasteiger partial charge on any atom is 0.257 e. The summed E-state index contributed by atoms with van der Waals surface area (Å²) in [7, 11) is 1.69. The van der Waals surface area contributed by atoms with E-state index in [9.17, 15) is 0 Å². The zero-order chi connectivity index (χ0) is 14.2. The molecule has 0 atom stereocenters. The monoisotopic (exact) mass is 278 g/mol. The Labute approximate surface area is 116 Å². The Hall–Kier alpha value is -2.26. The summed E-state index contributed by atoms with van der Waals surface area (Å²) in [6, 6.07) is 1.79. The molecule has 0 aromatic carbocycles. The van der Waals surface area contributed by atoms with Gasteiger partial charge in [-0.2, -0.15) is 20.1 Å². The van der Waals surface area contributed by atoms with E-state index in [0.29, 0.717) is 11.9 Å². The number of ether oxygens (including phenoxy) is 1. The first-order valence-electron chi connectivity index (χ1n) is 6.29. The number of hydrazine groups is 1. The largest absolute Gasteiger partial charge is 0.385 e. The van der Waals surface area contributed by atoms with E-state index in [1.165, 1.54) is 0 Å². The van der Waals surface area contributed by atoms with Crippen LogP contribution in [0.15, 0.2) is 18.5 Å². The Bertz CT molecular complexity index is 515. The maximum absolute atomic E-state index is 5.36. The van der Waals surface area contributed by atoms with E-state index >= 15 is 0 Å². The molecule has 0 saturated heterocycles. The number of unbranched alkanes of at least 4 members (excludes halogenated alkanes) is 1. The fraction of sp³-hybridized carbons (Fsp3) is 0.455. The first kappa shape index (κ1) is 14.2. The van der Waals surface area contributed by atoms with Crippen molar-refractivity contribution in [3.05, 3.63) is 18.5 Å². The molecular formula is C11H18N8O. The first-order chi connectivity index (χ1) is 9.83. The van der Waals surface area contributed by atoms with Crippen LogP contribution in [0, 0.1) is 0 Å². The van der Waals surface area contributed by atoms with Crippen molar-refractivity contribution < 1.29 is 4.74 Å². The van der Waals surface area contributed by atoms with Gasteiger partial charge in [-0.3, -0.25) is 5.43 Å². The van der Waals surface area contributed by atoms with E-state index in [-0.39, 0.29) is 5.95 Å². The Balaban J connectivity index is 2.03. The van der Waals surface area contributed by atoms with Crippen molar-refractivity contribution in [3.8, 4) is 5.95 Å². The molecule has 0 bridgehead atoms. The zero-order valence-corrected chi connectivity index (χ0v) is 11.3. The fourth-order valence-corrected chi connectivity index (χ4v) is 1.57. The van der Waals surface area contributed by atoms with Crippen molar-refractivity contribution in [2.45, 2.75) is 12.8 Å². The van der Waals surface area contributed by atoms with E-state index in [4.69, 9.17) is 10.6 Å². The van der Waals surface area contributed by atoms with Gasteiger partial charge in [-0.15, -0.1) is 0 Å². The van der Waals surface area contributed by atoms with Gasteiger partial charge in [0.05, 0.1) is 0 Å². The third kappa shape index (κ3) is 3.87. The number of methoxy groups -OCH3 is 1. The fourth-order valence-electron chi connectivity index (χ4n) is 1.57. The molecule has 0 unspecified atom stereocenters. The number of rotatable bonds is 8. The Morgan fingerprint density at radius 1 is 1.25 bits per heavy atom. The lowest BCUT2D eigenvalue weighted by molar-refractivity contribution is 0.193. The normalized spacial score (nSPS) is 10.5. The minimum absolute atomic E-state index is 0.282. The van der Waals surface area contributed by atoms with Crippen LogP contribution in [-0.4, -0.2) is 45.0 Å². The SMILES string of the molecule is COCCCCNc1nc(NN)nc(-n2cccn2)n1. The van der Waals surface area contributed by atoms with Crippen molar-refractivity contribution in [3.63, 3.8) is 0 Å². The molecule has 108 valence electrons. The molecule has 9 nitrogen and oxygen atoms in total. The van der Waals surface area contributed by atoms with Crippen LogP contribution in [0.2, 0.25) is 0 Å². The molecule has 2 heterocycles. The topological polar surface area (TPSA) is 116 Å². The number of anilines is 2. The number of nitrogens with zero attached hydrogens (tertiary/aromatic N) is 5. The first-order valence-corrected chi connectivity index (χ1v) is 6.29. The number of hydrogen-bond acceptors (Lipinski definition) is 8. The highest BCUT2D eigenvalue weighted by atomic mass is 16.5. The molecule has 0 aliphatic carbocycles. The third-order valence-electron chi connectivity index (χ3n) is 2.52. The number of hydrogen-bond donors (Lipinski definition) is 3. The van der Waals surface area contributed by atoms with E-state index in [2.05, 4.69) is 30.8 Å². The minimum atomic E-state index is 0.282. The summed E-state index contributed by atoms with van der Waals surface area (Å²) in [6.45, 7) is 1.49. The van der Waals surface area contributed by atoms with Gasteiger partial charge in [0.1, 0.15) is 0 Å². The average Bonchev–Trinajstić information content (AvgIpc) is 3.01. The Morgan fingerprint density at radius 3 is 2.80 bits per heavy atom. The van der Waals surface area contributed by atoms with Crippen LogP contribution in [0.1, 0.15) is 12.8 Å². The quantitative estimate of drug-likeness (QED) is 0.356. The van der Waals surface area contributed by atoms with E-state index in [1.807, 2.05) is 0 Å². The lowest BCUT2D eigenvalue weighted by Crippen LogP contribution is -2.16. The van der Waals surface area contributed by atoms with E-state index in [0.717, 1.165) is 26.0 Å². The summed E-state index contributed by atoms with van der Waals surface area (Å²) in [5, 5.41) is 7.20. The highest BCUT2D eigenvalue weighted by molar-refractivity contribution is 5.36. The maximum atomic E-state index is 5.36. The van der Waals surface area contributed by atoms with Gasteiger partial charge in [-0.25, -0.2) is 10.5 Å². The number of nitrogens with two attached hydrogens (primary N) is 1. The highest BCUT2D eigenvalue weighted by Gasteiger charge is 2.07. The van der Waals surface area contributed by atoms with Crippen molar-refractivity contribution in [2.75, 3.05) is 31.0 Å². The van der Waals surface area contributed by atoms with Crippen LogP contribution in [0.3, 0.4) is 0 Å². The van der Waals surface area contributed by atoms with Crippen molar-refractivity contribution in [1.29, 1.82) is 0 Å². The Morgan fingerprint density at radius 2 is 2.10 bits per heavy atom. The molecule has 0 saturated carbocycles. The average molecular weight is 278 g/mol. The van der Waals surface area contributed by atoms with Crippen molar-refractivity contribution in [1.82, 2.24) is 24.7 Å². The number of nitrogen functional groups attached to an aromatic ring is 1. The zero-order valence-electron chi connectivity index (χ0n) is 11.3. The molecule has 0 spiro atoms. The summed E-state index contributed by atoms with van der Waals surface area (Å²) in [5.74, 6) is 6.50. The standard InChI is InChI=1S/C11H18N8O/c1-20-8-3-2-5-13-9-15-10(18-12)17-11(16-9)19-7-4-6-14-19/h4,6-7H,2-3,5,8,12H2,1H3,(H2,13,15,16,17,18). The van der Waals surface area contributed by atoms with Gasteiger partial charge in [-0.1, -0.05) is 0 Å². The predicted molar refractivity (Wildman–Crippen MR) is 74.4 cm³/mol. The molecule has 20 heavy (non-hydrogen) atoms. The molecule has 2 rings (SSSR count). The van der Waals surface area contributed by atoms with E-state index < -0.39 is 0 Å². The van der Waals surface area contributed by atoms with Gasteiger partial charge in [0.15, 0.2) is 0 Å². The molecule has 9 heteroatoms. The van der Waals surface area contributed by atoms with Gasteiger partial charge >= 0.3 is 0 Å². The molecule has 0 amide bonds. The smallest absolute Gasteiger partial charge is 0.257 e. The van der Waals surface area contributed by atoms with Crippen molar-refractivity contribution in [2.24, 2.45) is 5.84 Å². The number of aromatic nitrogens is 5. The molecule has 0 aliphatic heterocycles. The summed E-state index contributed by atoms with van der Waals surface area (Å²) < 4.78 is 6.53. The van der Waals surface area contributed by atoms with Gasteiger partial charge in [-0.05, 0) is 18.9 Å². The molecular weight excluding hydrogens is 260 g/mol. The third-order valence-corrected chi connectivity index (χ3v) is 2.52. The molecule has 0 radical (unpaired) electrons. The van der Waals surface area contributed by atoms with Crippen LogP contribution in [0.5, 0.6) is 0 Å². The molecule has 2 aromatic heterocycles. The lowest BCUT2D eigenvalue weighted by atomic mass is 10.3. The van der Waals surface area contributed by atoms with Crippen LogP contribution < -0.4 is 16.6 Å². The van der Waals surface area contributed by atoms with Gasteiger partial charge in [0.25, 0.3) is 5.95 Å². The molecule has 0 fully saturated rings. The van der Waals surface area contributed by atoms with Gasteiger partial charge in [0, 0.05) is 32.7 Å². The second-order valence-electron chi connectivity index (χ2n) is 4.00. The van der Waals surface area contributed by atoms with Crippen LogP contribution in [0.25, 0.3) is 5.95 Å². The minimum Gasteiger partial charge on any atom is -0.385 e.